The summed E-state index contributed by atoms with van der Waals surface area (Å²) in [6.45, 7) is 0. The normalized spacial score (nSPS) is 29.1. The predicted molar refractivity (Wildman–Crippen MR) is 30.4 cm³/mol. The molecule has 0 spiro atoms. The molecular formula is C6H4F3NO2. The molecule has 0 aliphatic carbocycles. The number of nitrogens with zero attached hydrogens (tertiary/aromatic N) is 1. The molecule has 0 aromatic carbocycles. The Hall–Kier alpha value is -1.22. The van der Waals surface area contributed by atoms with Crippen LogP contribution in [-0.4, -0.2) is 17.1 Å². The van der Waals surface area contributed by atoms with Gasteiger partial charge in [0, 0.05) is 0 Å². The summed E-state index contributed by atoms with van der Waals surface area (Å²) in [4.78, 5) is 0. The van der Waals surface area contributed by atoms with Crippen LogP contribution < -0.4 is 0 Å². The molecule has 0 fully saturated rings. The van der Waals surface area contributed by atoms with Crippen LogP contribution in [0.3, 0.4) is 0 Å². The van der Waals surface area contributed by atoms with Gasteiger partial charge in [-0.1, -0.05) is 0 Å². The quantitative estimate of drug-likeness (QED) is 0.605. The number of halogens is 3. The van der Waals surface area contributed by atoms with E-state index in [9.17, 15) is 13.2 Å². The minimum absolute atomic E-state index is 0.227. The summed E-state index contributed by atoms with van der Waals surface area (Å²) in [5, 5.41) is 17.0. The number of rotatable bonds is 0. The fourth-order valence-electron chi connectivity index (χ4n) is 0.743. The van der Waals surface area contributed by atoms with Gasteiger partial charge < -0.3 is 9.84 Å². The van der Waals surface area contributed by atoms with E-state index in [1.807, 2.05) is 0 Å². The number of aliphatic hydroxyl groups is 1. The van der Waals surface area contributed by atoms with E-state index in [0.717, 1.165) is 0 Å². The molecule has 1 aliphatic rings. The molecule has 1 heterocycles. The van der Waals surface area contributed by atoms with Gasteiger partial charge >= 0.3 is 12.0 Å². The zero-order valence-corrected chi connectivity index (χ0v) is 5.72. The number of nitriles is 1. The third-order valence-electron chi connectivity index (χ3n) is 1.41. The Balaban J connectivity index is 2.78. The molecule has 1 atom stereocenters. The monoisotopic (exact) mass is 179 g/mol. The van der Waals surface area contributed by atoms with Gasteiger partial charge in [0.2, 0.25) is 0 Å². The fourth-order valence-corrected chi connectivity index (χ4v) is 0.743. The molecule has 0 radical (unpaired) electrons. The van der Waals surface area contributed by atoms with Crippen LogP contribution in [0.1, 0.15) is 6.42 Å². The molecule has 6 heteroatoms. The summed E-state index contributed by atoms with van der Waals surface area (Å²) >= 11 is 0. The molecule has 0 amide bonds. The summed E-state index contributed by atoms with van der Waals surface area (Å²) in [5.41, 5.74) is -0.227. The minimum atomic E-state index is -4.87. The zero-order valence-electron chi connectivity index (χ0n) is 5.72. The van der Waals surface area contributed by atoms with Crippen molar-refractivity contribution in [3.8, 4) is 6.07 Å². The van der Waals surface area contributed by atoms with Gasteiger partial charge in [0.1, 0.15) is 6.26 Å². The number of alkyl halides is 3. The van der Waals surface area contributed by atoms with Gasteiger partial charge in [-0.25, -0.2) is 0 Å². The molecule has 1 rings (SSSR count). The van der Waals surface area contributed by atoms with Crippen molar-refractivity contribution in [1.29, 1.82) is 5.26 Å². The van der Waals surface area contributed by atoms with Crippen molar-refractivity contribution in [1.82, 2.24) is 0 Å². The lowest BCUT2D eigenvalue weighted by atomic mass is 10.1. The van der Waals surface area contributed by atoms with Gasteiger partial charge in [0.25, 0.3) is 0 Å². The van der Waals surface area contributed by atoms with Crippen molar-refractivity contribution in [2.24, 2.45) is 0 Å². The van der Waals surface area contributed by atoms with Gasteiger partial charge in [-0.15, -0.1) is 0 Å². The lowest BCUT2D eigenvalue weighted by Gasteiger charge is -2.24. The SMILES string of the molecule is N#CC1=COC(O)(C(F)(F)F)C1. The molecule has 0 bridgehead atoms. The Morgan fingerprint density at radius 3 is 2.50 bits per heavy atom. The van der Waals surface area contributed by atoms with Crippen molar-refractivity contribution < 1.29 is 23.0 Å². The van der Waals surface area contributed by atoms with Gasteiger partial charge in [0.05, 0.1) is 18.1 Å². The Bertz CT molecular complexity index is 265. The molecule has 0 saturated carbocycles. The number of hydrogen-bond acceptors (Lipinski definition) is 3. The third kappa shape index (κ3) is 1.23. The highest BCUT2D eigenvalue weighted by atomic mass is 19.4. The lowest BCUT2D eigenvalue weighted by molar-refractivity contribution is -0.341. The van der Waals surface area contributed by atoms with Crippen molar-refractivity contribution in [2.75, 3.05) is 0 Å². The van der Waals surface area contributed by atoms with E-state index in [4.69, 9.17) is 10.4 Å². The highest BCUT2D eigenvalue weighted by molar-refractivity contribution is 5.24. The second-order valence-electron chi connectivity index (χ2n) is 2.33. The van der Waals surface area contributed by atoms with E-state index in [2.05, 4.69) is 4.74 Å². The van der Waals surface area contributed by atoms with Crippen LogP contribution >= 0.6 is 0 Å². The van der Waals surface area contributed by atoms with Gasteiger partial charge in [-0.3, -0.25) is 0 Å². The van der Waals surface area contributed by atoms with Crippen LogP contribution in [0, 0.1) is 11.3 Å². The van der Waals surface area contributed by atoms with Crippen LogP contribution in [0.4, 0.5) is 13.2 Å². The smallest absolute Gasteiger partial charge is 0.455 e. The second-order valence-corrected chi connectivity index (χ2v) is 2.33. The number of ether oxygens (including phenoxy) is 1. The summed E-state index contributed by atoms with van der Waals surface area (Å²) in [7, 11) is 0. The van der Waals surface area contributed by atoms with Crippen molar-refractivity contribution >= 4 is 0 Å². The second kappa shape index (κ2) is 2.38. The standard InChI is InChI=1S/C6H4F3NO2/c7-6(8,9)5(11)1-4(2-10)3-12-5/h3,11H,1H2. The summed E-state index contributed by atoms with van der Waals surface area (Å²) < 4.78 is 39.8. The largest absolute Gasteiger partial charge is 0.460 e. The van der Waals surface area contributed by atoms with Crippen LogP contribution in [-0.2, 0) is 4.74 Å². The molecule has 12 heavy (non-hydrogen) atoms. The maximum Gasteiger partial charge on any atom is 0.455 e. The van der Waals surface area contributed by atoms with E-state index in [0.29, 0.717) is 6.26 Å². The van der Waals surface area contributed by atoms with E-state index >= 15 is 0 Å². The first-order valence-corrected chi connectivity index (χ1v) is 2.95. The van der Waals surface area contributed by atoms with Crippen LogP contribution in [0.2, 0.25) is 0 Å². The Morgan fingerprint density at radius 2 is 2.25 bits per heavy atom. The van der Waals surface area contributed by atoms with Gasteiger partial charge in [-0.05, 0) is 0 Å². The maximum absolute atomic E-state index is 11.9. The molecule has 66 valence electrons. The third-order valence-corrected chi connectivity index (χ3v) is 1.41. The molecule has 1 unspecified atom stereocenters. The van der Waals surface area contributed by atoms with E-state index in [-0.39, 0.29) is 5.57 Å². The number of hydrogen-bond donors (Lipinski definition) is 1. The highest BCUT2D eigenvalue weighted by Crippen LogP contribution is 2.39. The average Bonchev–Trinajstić information content (AvgIpc) is 2.31. The molecule has 3 nitrogen and oxygen atoms in total. The molecular weight excluding hydrogens is 175 g/mol. The molecule has 0 saturated heterocycles. The highest BCUT2D eigenvalue weighted by Gasteiger charge is 2.58. The Labute approximate surface area is 65.7 Å². The summed E-state index contributed by atoms with van der Waals surface area (Å²) in [6.07, 6.45) is -5.09. The predicted octanol–water partition coefficient (Wildman–Crippen LogP) is 1.07. The minimum Gasteiger partial charge on any atom is -0.460 e. The average molecular weight is 179 g/mol. The zero-order chi connectivity index (χ0) is 9.41. The maximum atomic E-state index is 11.9. The van der Waals surface area contributed by atoms with Crippen molar-refractivity contribution in [3.05, 3.63) is 11.8 Å². The molecule has 0 aromatic heterocycles. The van der Waals surface area contributed by atoms with Gasteiger partial charge in [-0.2, -0.15) is 18.4 Å². The first kappa shape index (κ1) is 8.87. The molecule has 1 aliphatic heterocycles. The Morgan fingerprint density at radius 1 is 1.67 bits per heavy atom. The van der Waals surface area contributed by atoms with Crippen LogP contribution in [0.15, 0.2) is 11.8 Å². The lowest BCUT2D eigenvalue weighted by Crippen LogP contribution is -2.44. The van der Waals surface area contributed by atoms with E-state index in [1.165, 1.54) is 6.07 Å². The van der Waals surface area contributed by atoms with Crippen LogP contribution in [0.25, 0.3) is 0 Å². The van der Waals surface area contributed by atoms with Crippen molar-refractivity contribution in [2.45, 2.75) is 18.4 Å². The van der Waals surface area contributed by atoms with E-state index in [1.54, 1.807) is 0 Å². The molecule has 0 aromatic rings. The van der Waals surface area contributed by atoms with E-state index < -0.39 is 18.4 Å². The van der Waals surface area contributed by atoms with Gasteiger partial charge in [0.15, 0.2) is 0 Å². The summed E-state index contributed by atoms with van der Waals surface area (Å²) in [6, 6.07) is 1.47. The van der Waals surface area contributed by atoms with Crippen LogP contribution in [0.5, 0.6) is 0 Å². The fraction of sp³-hybridized carbons (Fsp3) is 0.500. The van der Waals surface area contributed by atoms with Crippen molar-refractivity contribution in [3.63, 3.8) is 0 Å². The Kier molecular flexibility index (Phi) is 1.76. The first-order chi connectivity index (χ1) is 5.39. The first-order valence-electron chi connectivity index (χ1n) is 2.95. The summed E-state index contributed by atoms with van der Waals surface area (Å²) in [5.74, 6) is -3.21. The topological polar surface area (TPSA) is 53.2 Å². The molecule has 1 N–H and O–H groups in total.